The topological polar surface area (TPSA) is 63.0 Å². The van der Waals surface area contributed by atoms with Crippen molar-refractivity contribution >= 4 is 39.0 Å². The van der Waals surface area contributed by atoms with Crippen molar-refractivity contribution < 1.29 is 8.78 Å². The van der Waals surface area contributed by atoms with Crippen LogP contribution < -0.4 is 10.2 Å². The van der Waals surface area contributed by atoms with Crippen molar-refractivity contribution in [3.05, 3.63) is 58.1 Å². The molecule has 0 radical (unpaired) electrons. The molecule has 0 fully saturated rings. The Morgan fingerprint density at radius 2 is 1.88 bits per heavy atom. The predicted molar refractivity (Wildman–Crippen MR) is 99.8 cm³/mol. The number of benzene rings is 2. The normalized spacial score (nSPS) is 15.6. The van der Waals surface area contributed by atoms with Gasteiger partial charge in [0.2, 0.25) is 0 Å². The van der Waals surface area contributed by atoms with Gasteiger partial charge >= 0.3 is 0 Å². The largest absolute Gasteiger partial charge is 0.371 e. The molecule has 0 amide bonds. The maximum Gasteiger partial charge on any atom is 0.166 e. The van der Waals surface area contributed by atoms with E-state index in [0.717, 1.165) is 5.56 Å². The summed E-state index contributed by atoms with van der Waals surface area (Å²) in [6.07, 6.45) is 0.229. The summed E-state index contributed by atoms with van der Waals surface area (Å²) in [6.45, 7) is 3.47. The molecule has 0 unspecified atom stereocenters. The van der Waals surface area contributed by atoms with Crippen molar-refractivity contribution in [3.63, 3.8) is 0 Å². The quantitative estimate of drug-likeness (QED) is 0.375. The zero-order valence-electron chi connectivity index (χ0n) is 13.8. The second-order valence-electron chi connectivity index (χ2n) is 6.43. The van der Waals surface area contributed by atoms with Crippen molar-refractivity contribution in [2.45, 2.75) is 25.8 Å². The lowest BCUT2D eigenvalue weighted by atomic mass is 9.96. The summed E-state index contributed by atoms with van der Waals surface area (Å²) in [6, 6.07) is 10.5. The third-order valence-corrected chi connectivity index (χ3v) is 4.83. The van der Waals surface area contributed by atoms with Crippen molar-refractivity contribution in [3.8, 4) is 0 Å². The molecule has 0 spiro atoms. The average molecular weight is 407 g/mol. The molecule has 2 aromatic carbocycles. The molecular weight excluding hydrogens is 390 g/mol. The number of nitrogens with zero attached hydrogens (tertiary/aromatic N) is 1. The first-order valence-corrected chi connectivity index (χ1v) is 8.48. The van der Waals surface area contributed by atoms with Crippen LogP contribution in [0, 0.1) is 22.5 Å². The molecule has 4 nitrogen and oxygen atoms in total. The molecule has 7 heteroatoms. The van der Waals surface area contributed by atoms with Crippen LogP contribution in [0.5, 0.6) is 0 Å². The maximum absolute atomic E-state index is 14.8. The van der Waals surface area contributed by atoms with Gasteiger partial charge in [0.05, 0.1) is 15.7 Å². The monoisotopic (exact) mass is 406 g/mol. The highest BCUT2D eigenvalue weighted by molar-refractivity contribution is 9.10. The highest BCUT2D eigenvalue weighted by Crippen LogP contribution is 2.41. The fourth-order valence-electron chi connectivity index (χ4n) is 2.82. The van der Waals surface area contributed by atoms with E-state index >= 15 is 0 Å². The van der Waals surface area contributed by atoms with Gasteiger partial charge < -0.3 is 5.32 Å². The number of rotatable bonds is 2. The zero-order chi connectivity index (χ0) is 18.4. The van der Waals surface area contributed by atoms with E-state index in [1.54, 1.807) is 13.8 Å². The van der Waals surface area contributed by atoms with Crippen LogP contribution in [-0.2, 0) is 6.42 Å². The minimum absolute atomic E-state index is 0.0152. The number of fused-ring (bicyclic) bond motifs is 1. The Morgan fingerprint density at radius 1 is 1.24 bits per heavy atom. The molecule has 3 N–H and O–H groups in total. The number of amidine groups is 2. The molecular formula is C18H17BrF2N4. The molecule has 0 saturated carbocycles. The van der Waals surface area contributed by atoms with Crippen molar-refractivity contribution in [2.24, 2.45) is 0 Å². The van der Waals surface area contributed by atoms with Crippen LogP contribution in [0.1, 0.15) is 19.4 Å². The predicted octanol–water partition coefficient (Wildman–Crippen LogP) is 4.94. The molecule has 25 heavy (non-hydrogen) atoms. The van der Waals surface area contributed by atoms with E-state index in [0.29, 0.717) is 0 Å². The highest BCUT2D eigenvalue weighted by Gasteiger charge is 2.40. The van der Waals surface area contributed by atoms with E-state index in [1.807, 2.05) is 30.3 Å². The van der Waals surface area contributed by atoms with Crippen LogP contribution in [0.25, 0.3) is 0 Å². The first-order chi connectivity index (χ1) is 11.7. The Hall–Kier alpha value is -2.28. The lowest BCUT2D eigenvalue weighted by Gasteiger charge is -2.42. The second-order valence-corrected chi connectivity index (χ2v) is 7.22. The van der Waals surface area contributed by atoms with Crippen molar-refractivity contribution in [1.82, 2.24) is 0 Å². The zero-order valence-corrected chi connectivity index (χ0v) is 15.3. The Kier molecular flexibility index (Phi) is 4.36. The molecule has 0 bridgehead atoms. The van der Waals surface area contributed by atoms with Crippen LogP contribution in [0.15, 0.2) is 40.9 Å². The summed E-state index contributed by atoms with van der Waals surface area (Å²) in [7, 11) is 0. The highest BCUT2D eigenvalue weighted by atomic mass is 79.9. The van der Waals surface area contributed by atoms with Gasteiger partial charge in [-0.25, -0.2) is 8.78 Å². The summed E-state index contributed by atoms with van der Waals surface area (Å²) in [5.74, 6) is -1.49. The first-order valence-electron chi connectivity index (χ1n) is 7.68. The summed E-state index contributed by atoms with van der Waals surface area (Å²) in [4.78, 5) is 1.25. The van der Waals surface area contributed by atoms with Crippen LogP contribution in [0.4, 0.5) is 20.2 Å². The molecule has 1 aliphatic rings. The van der Waals surface area contributed by atoms with Crippen LogP contribution >= 0.6 is 15.9 Å². The van der Waals surface area contributed by atoms with Crippen molar-refractivity contribution in [1.29, 1.82) is 10.8 Å². The smallest absolute Gasteiger partial charge is 0.166 e. The fraction of sp³-hybridized carbons (Fsp3) is 0.222. The van der Waals surface area contributed by atoms with Gasteiger partial charge in [-0.05, 0) is 35.3 Å². The summed E-state index contributed by atoms with van der Waals surface area (Å²) in [5, 5.41) is 19.9. The fourth-order valence-corrected chi connectivity index (χ4v) is 3.13. The number of nitrogens with one attached hydrogen (secondary N) is 3. The van der Waals surface area contributed by atoms with E-state index < -0.39 is 17.2 Å². The van der Waals surface area contributed by atoms with E-state index in [2.05, 4.69) is 21.2 Å². The lowest BCUT2D eigenvalue weighted by molar-refractivity contribution is 0.570. The van der Waals surface area contributed by atoms with Crippen LogP contribution in [0.3, 0.4) is 0 Å². The SMILES string of the molecule is CC1(C)Nc2cc(F)c(Br)c(F)c2N(C(=N)Cc2ccccc2)C1=N. The van der Waals surface area contributed by atoms with Crippen molar-refractivity contribution in [2.75, 3.05) is 10.2 Å². The van der Waals surface area contributed by atoms with Crippen LogP contribution in [-0.4, -0.2) is 17.2 Å². The number of halogens is 3. The number of hydrogen-bond donors (Lipinski definition) is 3. The second kappa shape index (κ2) is 6.22. The Labute approximate surface area is 153 Å². The molecule has 130 valence electrons. The molecule has 3 rings (SSSR count). The standard InChI is InChI=1S/C18H17BrF2N4/c1-18(2)17(23)25(13(22)8-10-6-4-3-5-7-10)16-12(24-18)9-11(20)14(19)15(16)21/h3-7,9,22-24H,8H2,1-2H3. The summed E-state index contributed by atoms with van der Waals surface area (Å²) in [5.41, 5.74) is 0.207. The average Bonchev–Trinajstić information content (AvgIpc) is 2.55. The number of hydrogen-bond acceptors (Lipinski definition) is 3. The van der Waals surface area contributed by atoms with Gasteiger partial charge in [0.25, 0.3) is 0 Å². The minimum atomic E-state index is -0.872. The first kappa shape index (κ1) is 17.5. The third-order valence-electron chi connectivity index (χ3n) is 4.11. The molecule has 1 aliphatic heterocycles. The summed E-state index contributed by atoms with van der Waals surface area (Å²) >= 11 is 2.90. The van der Waals surface area contributed by atoms with Crippen LogP contribution in [0.2, 0.25) is 0 Å². The van der Waals surface area contributed by atoms with Gasteiger partial charge in [-0.2, -0.15) is 0 Å². The Bertz CT molecular complexity index is 865. The molecule has 2 aromatic rings. The molecule has 0 atom stereocenters. The van der Waals surface area contributed by atoms with E-state index in [9.17, 15) is 8.78 Å². The number of anilines is 2. The van der Waals surface area contributed by atoms with Gasteiger partial charge in [0.15, 0.2) is 5.82 Å². The van der Waals surface area contributed by atoms with E-state index in [4.69, 9.17) is 10.8 Å². The lowest BCUT2D eigenvalue weighted by Crippen LogP contribution is -2.56. The van der Waals surface area contributed by atoms with Gasteiger partial charge in [0, 0.05) is 12.5 Å². The maximum atomic E-state index is 14.8. The van der Waals surface area contributed by atoms with Gasteiger partial charge in [0.1, 0.15) is 23.2 Å². The molecule has 1 heterocycles. The third kappa shape index (κ3) is 3.04. The van der Waals surface area contributed by atoms with Gasteiger partial charge in [-0.3, -0.25) is 15.7 Å². The van der Waals surface area contributed by atoms with Gasteiger partial charge in [-0.1, -0.05) is 30.3 Å². The molecule has 0 aromatic heterocycles. The van der Waals surface area contributed by atoms with E-state index in [1.165, 1.54) is 11.0 Å². The molecule has 0 aliphatic carbocycles. The van der Waals surface area contributed by atoms with E-state index in [-0.39, 0.29) is 33.9 Å². The molecule has 0 saturated heterocycles. The van der Waals surface area contributed by atoms with Gasteiger partial charge in [-0.15, -0.1) is 0 Å². The minimum Gasteiger partial charge on any atom is -0.371 e. The summed E-state index contributed by atoms with van der Waals surface area (Å²) < 4.78 is 28.4. The Morgan fingerprint density at radius 3 is 2.52 bits per heavy atom. The Balaban J connectivity index is 2.10.